The zero-order valence-electron chi connectivity index (χ0n) is 26.8. The van der Waals surface area contributed by atoms with Gasteiger partial charge in [0.15, 0.2) is 0 Å². The molecule has 0 atom stereocenters. The second-order valence-electron chi connectivity index (χ2n) is 12.2. The van der Waals surface area contributed by atoms with Crippen molar-refractivity contribution in [3.05, 3.63) is 72.3 Å². The van der Waals surface area contributed by atoms with Gasteiger partial charge in [-0.15, -0.1) is 12.4 Å². The number of para-hydroxylation sites is 1. The average Bonchev–Trinajstić information content (AvgIpc) is 3.22. The molecule has 2 aromatic carbocycles. The van der Waals surface area contributed by atoms with Gasteiger partial charge in [0.25, 0.3) is 0 Å². The first-order chi connectivity index (χ1) is 21.9. The molecule has 1 aliphatic heterocycles. The number of nitrogens with zero attached hydrogens (tertiary/aromatic N) is 4. The molecule has 0 bridgehead atoms. The van der Waals surface area contributed by atoms with Gasteiger partial charge in [0.2, 0.25) is 11.8 Å². The van der Waals surface area contributed by atoms with E-state index in [1.165, 1.54) is 32.4 Å². The summed E-state index contributed by atoms with van der Waals surface area (Å²) < 4.78 is 56.9. The average molecular weight is 685 g/mol. The molecule has 4 aromatic rings. The van der Waals surface area contributed by atoms with E-state index in [0.29, 0.717) is 41.5 Å². The number of likely N-dealkylation sites (N-methyl/N-ethyl adjacent to an activating group) is 1. The largest absolute Gasteiger partial charge is 0.490 e. The second kappa shape index (κ2) is 13.2. The molecule has 2 N–H and O–H groups in total. The van der Waals surface area contributed by atoms with E-state index in [-0.39, 0.29) is 54.2 Å². The fourth-order valence-corrected chi connectivity index (χ4v) is 6.71. The smallest absolute Gasteiger partial charge is 0.301 e. The summed E-state index contributed by atoms with van der Waals surface area (Å²) >= 11 is 0. The summed E-state index contributed by atoms with van der Waals surface area (Å²) in [6.45, 7) is 4.76. The van der Waals surface area contributed by atoms with Crippen LogP contribution in [0, 0.1) is 5.82 Å². The maximum Gasteiger partial charge on any atom is 0.301 e. The molecule has 1 aliphatic carbocycles. The van der Waals surface area contributed by atoms with Crippen molar-refractivity contribution in [3.8, 4) is 22.8 Å². The van der Waals surface area contributed by atoms with Gasteiger partial charge in [-0.1, -0.05) is 32.0 Å². The first-order valence-corrected chi connectivity index (χ1v) is 16.5. The number of fused-ring (bicyclic) bond motifs is 4. The molecule has 0 saturated heterocycles. The third-order valence-corrected chi connectivity index (χ3v) is 9.90. The molecule has 1 saturated carbocycles. The number of halogens is 2. The molecule has 6 rings (SSSR count). The van der Waals surface area contributed by atoms with Gasteiger partial charge in [-0.3, -0.25) is 14.5 Å². The van der Waals surface area contributed by atoms with Crippen molar-refractivity contribution < 1.29 is 27.1 Å². The molecule has 0 radical (unpaired) electrons. The van der Waals surface area contributed by atoms with Crippen LogP contribution < -0.4 is 24.4 Å². The van der Waals surface area contributed by atoms with Crippen LogP contribution in [0.1, 0.15) is 32.3 Å². The van der Waals surface area contributed by atoms with Crippen LogP contribution in [0.2, 0.25) is 0 Å². The maximum absolute atomic E-state index is 15.8. The van der Waals surface area contributed by atoms with Crippen molar-refractivity contribution in [3.63, 3.8) is 0 Å². The quantitative estimate of drug-likeness (QED) is 0.214. The number of nitrogens with one attached hydrogen (secondary N) is 2. The molecule has 2 aromatic heterocycles. The van der Waals surface area contributed by atoms with Crippen LogP contribution >= 0.6 is 12.4 Å². The number of hydrogen-bond donors (Lipinski definition) is 2. The van der Waals surface area contributed by atoms with E-state index >= 15 is 4.39 Å². The van der Waals surface area contributed by atoms with E-state index in [1.54, 1.807) is 24.2 Å². The van der Waals surface area contributed by atoms with Gasteiger partial charge in [-0.25, -0.2) is 9.37 Å². The minimum atomic E-state index is -3.93. The van der Waals surface area contributed by atoms with Crippen LogP contribution in [0.15, 0.2) is 60.9 Å². The molecule has 11 nitrogen and oxygen atoms in total. The molecule has 47 heavy (non-hydrogen) atoms. The van der Waals surface area contributed by atoms with Crippen molar-refractivity contribution in [1.82, 2.24) is 19.6 Å². The highest BCUT2D eigenvalue weighted by atomic mass is 35.5. The highest BCUT2D eigenvalue weighted by Crippen LogP contribution is 2.56. The van der Waals surface area contributed by atoms with Crippen molar-refractivity contribution in [2.45, 2.75) is 44.2 Å². The van der Waals surface area contributed by atoms with E-state index in [4.69, 9.17) is 9.47 Å². The topological polar surface area (TPSA) is 126 Å². The summed E-state index contributed by atoms with van der Waals surface area (Å²) in [6, 6.07) is 14.2. The van der Waals surface area contributed by atoms with Crippen LogP contribution in [0.3, 0.4) is 0 Å². The monoisotopic (exact) mass is 684 g/mol. The van der Waals surface area contributed by atoms with Gasteiger partial charge in [-0.2, -0.15) is 12.7 Å². The Balaban J connectivity index is 0.00000433. The summed E-state index contributed by atoms with van der Waals surface area (Å²) in [5, 5.41) is 3.87. The number of pyridine rings is 2. The Labute approximate surface area is 280 Å². The van der Waals surface area contributed by atoms with Gasteiger partial charge in [-0.05, 0) is 24.3 Å². The predicted octanol–water partition coefficient (Wildman–Crippen LogP) is 4.91. The third-order valence-electron chi connectivity index (χ3n) is 8.46. The number of rotatable bonds is 11. The molecule has 3 heterocycles. The number of amides is 1. The van der Waals surface area contributed by atoms with E-state index in [0.717, 1.165) is 15.6 Å². The highest BCUT2D eigenvalue weighted by molar-refractivity contribution is 7.90. The van der Waals surface area contributed by atoms with Gasteiger partial charge < -0.3 is 19.7 Å². The second-order valence-corrected chi connectivity index (χ2v) is 14.1. The predicted molar refractivity (Wildman–Crippen MR) is 182 cm³/mol. The Kier molecular flexibility index (Phi) is 9.65. The summed E-state index contributed by atoms with van der Waals surface area (Å²) in [4.78, 5) is 24.2. The fourth-order valence-electron chi connectivity index (χ4n) is 6.10. The molecule has 0 unspecified atom stereocenters. The number of ether oxygens (including phenoxy) is 2. The molecular weight excluding hydrogens is 647 g/mol. The lowest BCUT2D eigenvalue weighted by Crippen LogP contribution is -2.53. The van der Waals surface area contributed by atoms with E-state index in [2.05, 4.69) is 20.0 Å². The Hall–Kier alpha value is -4.04. The standard InChI is InChI=1S/C33H37FN6O5S.ClH/c1-20(2)35-11-12-44-31-28(38-46(42,43)39(3)4)13-21(18-37-31)24-14-25-27(15-26(24)34)36-19-29-30(25)33(32(41)40(29)5)16-23(17-33)45-22-9-7-6-8-10-22;/h6-10,13-15,18-20,23,35,38H,11-12,16-17H2,1-5H3;1H. The van der Waals surface area contributed by atoms with Gasteiger partial charge in [0.1, 0.15) is 30.0 Å². The minimum Gasteiger partial charge on any atom is -0.490 e. The Morgan fingerprint density at radius 2 is 1.83 bits per heavy atom. The van der Waals surface area contributed by atoms with Gasteiger partial charge in [0, 0.05) is 80.9 Å². The third kappa shape index (κ3) is 6.45. The number of hydrogen-bond acceptors (Lipinski definition) is 8. The first kappa shape index (κ1) is 34.3. The van der Waals surface area contributed by atoms with Crippen molar-refractivity contribution in [1.29, 1.82) is 0 Å². The lowest BCUT2D eigenvalue weighted by atomic mass is 9.62. The van der Waals surface area contributed by atoms with Gasteiger partial charge >= 0.3 is 10.2 Å². The van der Waals surface area contributed by atoms with Crippen LogP contribution in [0.4, 0.5) is 15.8 Å². The van der Waals surface area contributed by atoms with Crippen LogP contribution in [0.25, 0.3) is 22.0 Å². The maximum atomic E-state index is 15.8. The van der Waals surface area contributed by atoms with Crippen LogP contribution in [-0.2, 0) is 20.4 Å². The summed E-state index contributed by atoms with van der Waals surface area (Å²) in [5.41, 5.74) is 1.62. The highest BCUT2D eigenvalue weighted by Gasteiger charge is 2.59. The van der Waals surface area contributed by atoms with E-state index < -0.39 is 21.4 Å². The number of aromatic nitrogens is 2. The number of benzene rings is 2. The fraction of sp³-hybridized carbons (Fsp3) is 0.364. The Bertz CT molecular complexity index is 1910. The number of carbonyl (C=O) groups is 1. The van der Waals surface area contributed by atoms with Crippen molar-refractivity contribution >= 4 is 50.8 Å². The molecule has 2 aliphatic rings. The summed E-state index contributed by atoms with van der Waals surface area (Å²) in [6.07, 6.45) is 3.84. The SMILES string of the molecule is CC(C)NCCOc1ncc(-c2cc3c4c(cnc3cc2F)N(C)C(=O)C42CC(Oc3ccccc3)C2)cc1NS(=O)(=O)N(C)C.Cl. The lowest BCUT2D eigenvalue weighted by Gasteiger charge is -2.43. The molecule has 1 spiro atoms. The number of anilines is 2. The Morgan fingerprint density at radius 1 is 1.11 bits per heavy atom. The molecular formula is C33H38ClFN6O5S. The normalized spacial score (nSPS) is 18.8. The molecule has 14 heteroatoms. The van der Waals surface area contributed by atoms with Crippen LogP contribution in [-0.4, -0.2) is 75.0 Å². The summed E-state index contributed by atoms with van der Waals surface area (Å²) in [5.74, 6) is 0.186. The van der Waals surface area contributed by atoms with E-state index in [9.17, 15) is 13.2 Å². The van der Waals surface area contributed by atoms with Gasteiger partial charge in [0.05, 0.1) is 22.8 Å². The molecule has 250 valence electrons. The van der Waals surface area contributed by atoms with Crippen molar-refractivity contribution in [2.75, 3.05) is 43.9 Å². The zero-order valence-corrected chi connectivity index (χ0v) is 28.4. The number of carbonyl (C=O) groups excluding carboxylic acids is 1. The Morgan fingerprint density at radius 3 is 2.51 bits per heavy atom. The van der Waals surface area contributed by atoms with Crippen molar-refractivity contribution in [2.24, 2.45) is 0 Å². The molecule has 1 amide bonds. The molecule has 1 fully saturated rings. The minimum absolute atomic E-state index is 0. The lowest BCUT2D eigenvalue weighted by molar-refractivity contribution is -0.129. The first-order valence-electron chi connectivity index (χ1n) is 15.1. The van der Waals surface area contributed by atoms with E-state index in [1.807, 2.05) is 44.2 Å². The summed E-state index contributed by atoms with van der Waals surface area (Å²) in [7, 11) is 0.584. The van der Waals surface area contributed by atoms with Crippen LogP contribution in [0.5, 0.6) is 11.6 Å². The zero-order chi connectivity index (χ0) is 32.8.